The van der Waals surface area contributed by atoms with Gasteiger partial charge < -0.3 is 9.16 Å². The van der Waals surface area contributed by atoms with Crippen molar-refractivity contribution in [1.82, 2.24) is 0 Å². The lowest BCUT2D eigenvalue weighted by atomic mass is 9.55. The maximum absolute atomic E-state index is 6.89. The monoisotopic (exact) mass is 338 g/mol. The maximum atomic E-state index is 6.89. The summed E-state index contributed by atoms with van der Waals surface area (Å²) >= 11 is 0. The van der Waals surface area contributed by atoms with E-state index in [9.17, 15) is 0 Å². The van der Waals surface area contributed by atoms with E-state index in [-0.39, 0.29) is 11.2 Å². The standard InChI is InChI=1S/C20H38O2Si/c1-7-23(8-2,9-3)21-17-11-13-19(6)12-10-16-14-20(19,15-17)22-18(16,4)5/h16-17H,7-15H2,1-6H3/t16-,17-,19+,20-/m0/s1. The molecule has 2 bridgehead atoms. The highest BCUT2D eigenvalue weighted by molar-refractivity contribution is 6.73. The molecule has 1 heterocycles. The predicted octanol–water partition coefficient (Wildman–Crippen LogP) is 5.91. The molecular weight excluding hydrogens is 300 g/mol. The molecule has 3 heteroatoms. The Morgan fingerprint density at radius 1 is 0.957 bits per heavy atom. The molecule has 0 N–H and O–H groups in total. The van der Waals surface area contributed by atoms with Crippen LogP contribution in [-0.4, -0.2) is 25.6 Å². The highest BCUT2D eigenvalue weighted by Gasteiger charge is 2.64. The normalized spacial score (nSPS) is 42.5. The van der Waals surface area contributed by atoms with E-state index in [1.807, 2.05) is 0 Å². The number of rotatable bonds is 5. The van der Waals surface area contributed by atoms with Crippen LogP contribution in [0.25, 0.3) is 0 Å². The van der Waals surface area contributed by atoms with Gasteiger partial charge in [-0.2, -0.15) is 0 Å². The van der Waals surface area contributed by atoms with E-state index < -0.39 is 8.32 Å². The topological polar surface area (TPSA) is 18.5 Å². The fraction of sp³-hybridized carbons (Fsp3) is 1.00. The van der Waals surface area contributed by atoms with Crippen LogP contribution in [-0.2, 0) is 9.16 Å². The molecule has 0 aromatic carbocycles. The van der Waals surface area contributed by atoms with Crippen molar-refractivity contribution in [3.63, 3.8) is 0 Å². The van der Waals surface area contributed by atoms with Gasteiger partial charge in [0.1, 0.15) is 0 Å². The molecule has 2 aliphatic carbocycles. The van der Waals surface area contributed by atoms with Crippen molar-refractivity contribution in [1.29, 1.82) is 0 Å². The zero-order valence-corrected chi connectivity index (χ0v) is 17.3. The predicted molar refractivity (Wildman–Crippen MR) is 99.3 cm³/mol. The molecule has 4 atom stereocenters. The van der Waals surface area contributed by atoms with Gasteiger partial charge in [0.05, 0.1) is 11.2 Å². The molecule has 2 saturated carbocycles. The highest BCUT2D eigenvalue weighted by atomic mass is 28.4. The first-order chi connectivity index (χ1) is 10.7. The molecule has 3 fully saturated rings. The zero-order valence-electron chi connectivity index (χ0n) is 16.3. The quantitative estimate of drug-likeness (QED) is 0.580. The molecule has 0 aromatic heterocycles. The van der Waals surface area contributed by atoms with Gasteiger partial charge in [0.25, 0.3) is 0 Å². The van der Waals surface area contributed by atoms with Crippen molar-refractivity contribution in [2.75, 3.05) is 0 Å². The summed E-state index contributed by atoms with van der Waals surface area (Å²) in [6, 6.07) is 3.78. The third-order valence-corrected chi connectivity index (χ3v) is 12.8. The van der Waals surface area contributed by atoms with E-state index in [2.05, 4.69) is 41.5 Å². The summed E-state index contributed by atoms with van der Waals surface area (Å²) in [6.45, 7) is 14.2. The van der Waals surface area contributed by atoms with Crippen molar-refractivity contribution < 1.29 is 9.16 Å². The Hall–Kier alpha value is 0.137. The van der Waals surface area contributed by atoms with Crippen LogP contribution in [0, 0.1) is 11.3 Å². The molecule has 1 saturated heterocycles. The first kappa shape index (κ1) is 17.9. The first-order valence-corrected chi connectivity index (χ1v) is 12.6. The molecule has 23 heavy (non-hydrogen) atoms. The van der Waals surface area contributed by atoms with Crippen LogP contribution in [0.1, 0.15) is 80.1 Å². The van der Waals surface area contributed by atoms with Crippen molar-refractivity contribution in [2.45, 2.75) is 116 Å². The number of hydrogen-bond donors (Lipinski definition) is 0. The molecular formula is C20H38O2Si. The average Bonchev–Trinajstić information content (AvgIpc) is 2.74. The van der Waals surface area contributed by atoms with Crippen molar-refractivity contribution in [2.24, 2.45) is 11.3 Å². The number of hydrogen-bond acceptors (Lipinski definition) is 2. The Kier molecular flexibility index (Phi) is 4.56. The van der Waals surface area contributed by atoms with Crippen LogP contribution >= 0.6 is 0 Å². The average molecular weight is 339 g/mol. The second kappa shape index (κ2) is 5.84. The van der Waals surface area contributed by atoms with Crippen LogP contribution in [0.3, 0.4) is 0 Å². The Morgan fingerprint density at radius 3 is 2.17 bits per heavy atom. The molecule has 0 aromatic rings. The van der Waals surface area contributed by atoms with Gasteiger partial charge in [-0.05, 0) is 75.4 Å². The van der Waals surface area contributed by atoms with Gasteiger partial charge in [-0.1, -0.05) is 27.7 Å². The summed E-state index contributed by atoms with van der Waals surface area (Å²) in [4.78, 5) is 0. The fourth-order valence-corrected chi connectivity index (χ4v) is 8.85. The molecule has 3 aliphatic rings. The lowest BCUT2D eigenvalue weighted by Crippen LogP contribution is -2.56. The molecule has 3 rings (SSSR count). The second-order valence-electron chi connectivity index (χ2n) is 9.43. The first-order valence-electron chi connectivity index (χ1n) is 10.1. The fourth-order valence-electron chi connectivity index (χ4n) is 5.94. The largest absolute Gasteiger partial charge is 0.414 e. The minimum Gasteiger partial charge on any atom is -0.414 e. The smallest absolute Gasteiger partial charge is 0.192 e. The summed E-state index contributed by atoms with van der Waals surface area (Å²) in [5, 5.41) is 0. The third-order valence-electron chi connectivity index (χ3n) is 8.09. The Morgan fingerprint density at radius 2 is 1.57 bits per heavy atom. The number of fused-ring (bicyclic) bond motifs is 1. The SMILES string of the molecule is CC[Si](CC)(CC)O[C@H]1CC[C@@]2(C)CC[C@H]3C[C@@]2(C1)OC3(C)C. The lowest BCUT2D eigenvalue weighted by molar-refractivity contribution is -0.183. The van der Waals surface area contributed by atoms with Crippen LogP contribution in [0.4, 0.5) is 0 Å². The van der Waals surface area contributed by atoms with Gasteiger partial charge in [0, 0.05) is 12.5 Å². The van der Waals surface area contributed by atoms with Crippen molar-refractivity contribution in [3.05, 3.63) is 0 Å². The Bertz CT molecular complexity index is 437. The highest BCUT2D eigenvalue weighted by Crippen LogP contribution is 2.64. The minimum atomic E-state index is -1.51. The molecule has 1 spiro atoms. The summed E-state index contributed by atoms with van der Waals surface area (Å²) in [7, 11) is -1.51. The Labute approximate surface area is 144 Å². The van der Waals surface area contributed by atoms with Gasteiger partial charge in [-0.15, -0.1) is 0 Å². The van der Waals surface area contributed by atoms with Gasteiger partial charge in [-0.25, -0.2) is 0 Å². The summed E-state index contributed by atoms with van der Waals surface area (Å²) < 4.78 is 13.7. The zero-order chi connectivity index (χ0) is 16.9. The minimum absolute atomic E-state index is 0.0639. The van der Waals surface area contributed by atoms with Crippen LogP contribution in [0.5, 0.6) is 0 Å². The molecule has 0 radical (unpaired) electrons. The molecule has 134 valence electrons. The van der Waals surface area contributed by atoms with Crippen LogP contribution < -0.4 is 0 Å². The van der Waals surface area contributed by atoms with E-state index in [1.165, 1.54) is 50.2 Å². The summed E-state index contributed by atoms with van der Waals surface area (Å²) in [5.41, 5.74) is 0.540. The van der Waals surface area contributed by atoms with E-state index >= 15 is 0 Å². The lowest BCUT2D eigenvalue weighted by Gasteiger charge is -2.54. The number of ether oxygens (including phenoxy) is 1. The van der Waals surface area contributed by atoms with E-state index in [0.717, 1.165) is 12.3 Å². The van der Waals surface area contributed by atoms with Gasteiger partial charge in [-0.3, -0.25) is 0 Å². The molecule has 0 amide bonds. The van der Waals surface area contributed by atoms with Crippen molar-refractivity contribution in [3.8, 4) is 0 Å². The van der Waals surface area contributed by atoms with Crippen LogP contribution in [0.2, 0.25) is 18.1 Å². The second-order valence-corrected chi connectivity index (χ2v) is 14.1. The molecule has 2 nitrogen and oxygen atoms in total. The Balaban J connectivity index is 1.80. The van der Waals surface area contributed by atoms with E-state index in [0.29, 0.717) is 11.5 Å². The van der Waals surface area contributed by atoms with Gasteiger partial charge in [0.2, 0.25) is 0 Å². The van der Waals surface area contributed by atoms with Crippen molar-refractivity contribution >= 4 is 8.32 Å². The summed E-state index contributed by atoms with van der Waals surface area (Å²) in [6.07, 6.45) is 8.12. The summed E-state index contributed by atoms with van der Waals surface area (Å²) in [5.74, 6) is 0.750. The maximum Gasteiger partial charge on any atom is 0.192 e. The van der Waals surface area contributed by atoms with E-state index in [1.54, 1.807) is 0 Å². The van der Waals surface area contributed by atoms with Gasteiger partial charge in [0.15, 0.2) is 8.32 Å². The molecule has 0 unspecified atom stereocenters. The van der Waals surface area contributed by atoms with Crippen LogP contribution in [0.15, 0.2) is 0 Å². The van der Waals surface area contributed by atoms with E-state index in [4.69, 9.17) is 9.16 Å². The molecule has 1 aliphatic heterocycles. The third kappa shape index (κ3) is 2.75. The van der Waals surface area contributed by atoms with Gasteiger partial charge >= 0.3 is 0 Å².